The zero-order valence-corrected chi connectivity index (χ0v) is 15.3. The van der Waals surface area contributed by atoms with Gasteiger partial charge in [-0.3, -0.25) is 0 Å². The van der Waals surface area contributed by atoms with Crippen molar-refractivity contribution in [2.45, 2.75) is 25.8 Å². The molecule has 0 aliphatic heterocycles. The molecule has 0 unspecified atom stereocenters. The van der Waals surface area contributed by atoms with E-state index in [9.17, 15) is 0 Å². The Morgan fingerprint density at radius 3 is 2.50 bits per heavy atom. The number of nitrogen functional groups attached to an aromatic ring is 1. The number of alkyl halides is 1. The zero-order valence-electron chi connectivity index (χ0n) is 14.5. The summed E-state index contributed by atoms with van der Waals surface area (Å²) in [5.74, 6) is 2.20. The van der Waals surface area contributed by atoms with E-state index in [4.69, 9.17) is 22.3 Å². The molecular formula is C21H21ClN4. The minimum atomic E-state index is 0.490. The summed E-state index contributed by atoms with van der Waals surface area (Å²) in [6, 6.07) is 18.6. The summed E-state index contributed by atoms with van der Waals surface area (Å²) in [4.78, 5) is 9.41. The van der Waals surface area contributed by atoms with E-state index in [0.29, 0.717) is 11.7 Å². The summed E-state index contributed by atoms with van der Waals surface area (Å²) in [6.45, 7) is 0.765. The first-order valence-electron chi connectivity index (χ1n) is 8.91. The SMILES string of the molecule is Nc1nc2ccccc2c2c1nc(CCCCCl)n2Cc1ccccc1. The van der Waals surface area contributed by atoms with Crippen LogP contribution < -0.4 is 5.73 Å². The van der Waals surface area contributed by atoms with Gasteiger partial charge in [-0.25, -0.2) is 9.97 Å². The van der Waals surface area contributed by atoms with Crippen LogP contribution in [0, 0.1) is 0 Å². The monoisotopic (exact) mass is 364 g/mol. The smallest absolute Gasteiger partial charge is 0.152 e. The molecule has 0 fully saturated rings. The third-order valence-corrected chi connectivity index (χ3v) is 4.92. The van der Waals surface area contributed by atoms with Crippen molar-refractivity contribution in [2.24, 2.45) is 0 Å². The molecule has 0 aliphatic carbocycles. The Hall–Kier alpha value is -2.59. The number of unbranched alkanes of at least 4 members (excludes halogenated alkanes) is 1. The van der Waals surface area contributed by atoms with Crippen molar-refractivity contribution in [3.8, 4) is 0 Å². The van der Waals surface area contributed by atoms with Crippen molar-refractivity contribution in [1.29, 1.82) is 0 Å². The number of hydrogen-bond acceptors (Lipinski definition) is 3. The van der Waals surface area contributed by atoms with Crippen molar-refractivity contribution in [3.05, 3.63) is 66.0 Å². The highest BCUT2D eigenvalue weighted by Crippen LogP contribution is 2.30. The number of pyridine rings is 1. The molecule has 0 saturated heterocycles. The number of nitrogens with two attached hydrogens (primary N) is 1. The van der Waals surface area contributed by atoms with Gasteiger partial charge in [0.15, 0.2) is 5.82 Å². The molecular weight excluding hydrogens is 344 g/mol. The fourth-order valence-electron chi connectivity index (χ4n) is 3.41. The van der Waals surface area contributed by atoms with E-state index < -0.39 is 0 Å². The van der Waals surface area contributed by atoms with Crippen molar-refractivity contribution in [3.63, 3.8) is 0 Å². The number of hydrogen-bond donors (Lipinski definition) is 1. The Labute approximate surface area is 157 Å². The molecule has 0 radical (unpaired) electrons. The number of aromatic nitrogens is 3. The lowest BCUT2D eigenvalue weighted by molar-refractivity contribution is 0.692. The van der Waals surface area contributed by atoms with Crippen molar-refractivity contribution >= 4 is 39.4 Å². The molecule has 2 N–H and O–H groups in total. The van der Waals surface area contributed by atoms with Gasteiger partial charge in [-0.2, -0.15) is 0 Å². The molecule has 0 bridgehead atoms. The first-order chi connectivity index (χ1) is 12.8. The Morgan fingerprint density at radius 1 is 0.923 bits per heavy atom. The van der Waals surface area contributed by atoms with Gasteiger partial charge < -0.3 is 10.3 Å². The average Bonchev–Trinajstić information content (AvgIpc) is 3.02. The molecule has 26 heavy (non-hydrogen) atoms. The predicted octanol–water partition coefficient (Wildman–Crippen LogP) is 4.78. The maximum atomic E-state index is 6.24. The molecule has 0 saturated carbocycles. The van der Waals surface area contributed by atoms with E-state index in [1.807, 2.05) is 24.3 Å². The molecule has 0 amide bonds. The highest BCUT2D eigenvalue weighted by molar-refractivity contribution is 6.17. The summed E-state index contributed by atoms with van der Waals surface area (Å²) >= 11 is 5.86. The maximum Gasteiger partial charge on any atom is 0.152 e. The van der Waals surface area contributed by atoms with Gasteiger partial charge in [-0.15, -0.1) is 11.6 Å². The van der Waals surface area contributed by atoms with Crippen LogP contribution in [0.5, 0.6) is 0 Å². The number of aryl methyl sites for hydroxylation is 1. The molecule has 2 aromatic heterocycles. The predicted molar refractivity (Wildman–Crippen MR) is 109 cm³/mol. The van der Waals surface area contributed by atoms with E-state index in [-0.39, 0.29) is 0 Å². The van der Waals surface area contributed by atoms with Crippen LogP contribution >= 0.6 is 11.6 Å². The number of nitrogens with zero attached hydrogens (tertiary/aromatic N) is 3. The molecule has 0 spiro atoms. The maximum absolute atomic E-state index is 6.24. The highest BCUT2D eigenvalue weighted by atomic mass is 35.5. The standard InChI is InChI=1S/C21H21ClN4/c22-13-7-6-12-18-25-19-20(26(18)14-15-8-2-1-3-9-15)16-10-4-5-11-17(16)24-21(19)23/h1-5,8-11H,6-7,12-14H2,(H2,23,24). The second kappa shape index (κ2) is 7.34. The molecule has 4 nitrogen and oxygen atoms in total. The lowest BCUT2D eigenvalue weighted by atomic mass is 10.1. The average molecular weight is 365 g/mol. The van der Waals surface area contributed by atoms with Gasteiger partial charge in [-0.1, -0.05) is 48.5 Å². The largest absolute Gasteiger partial charge is 0.382 e. The van der Waals surface area contributed by atoms with Crippen LogP contribution in [0.15, 0.2) is 54.6 Å². The fourth-order valence-corrected chi connectivity index (χ4v) is 3.60. The highest BCUT2D eigenvalue weighted by Gasteiger charge is 2.17. The van der Waals surface area contributed by atoms with E-state index >= 15 is 0 Å². The number of fused-ring (bicyclic) bond motifs is 3. The Kier molecular flexibility index (Phi) is 4.76. The summed E-state index contributed by atoms with van der Waals surface area (Å²) < 4.78 is 2.29. The molecule has 4 rings (SSSR count). The van der Waals surface area contributed by atoms with E-state index in [1.165, 1.54) is 5.56 Å². The Morgan fingerprint density at radius 2 is 1.69 bits per heavy atom. The van der Waals surface area contributed by atoms with Crippen LogP contribution in [0.3, 0.4) is 0 Å². The van der Waals surface area contributed by atoms with E-state index in [2.05, 4.69) is 39.9 Å². The van der Waals surface area contributed by atoms with Crippen LogP contribution in [-0.2, 0) is 13.0 Å². The number of anilines is 1. The first-order valence-corrected chi connectivity index (χ1v) is 9.44. The molecule has 132 valence electrons. The minimum absolute atomic E-state index is 0.490. The van der Waals surface area contributed by atoms with Gasteiger partial charge in [0, 0.05) is 24.2 Å². The van der Waals surface area contributed by atoms with E-state index in [0.717, 1.165) is 53.6 Å². The van der Waals surface area contributed by atoms with Gasteiger partial charge in [0.2, 0.25) is 0 Å². The number of benzene rings is 2. The first kappa shape index (κ1) is 16.9. The normalized spacial score (nSPS) is 11.4. The van der Waals surface area contributed by atoms with E-state index in [1.54, 1.807) is 0 Å². The summed E-state index contributed by atoms with van der Waals surface area (Å²) in [6.07, 6.45) is 2.86. The molecule has 5 heteroatoms. The minimum Gasteiger partial charge on any atom is -0.382 e. The molecule has 0 atom stereocenters. The molecule has 0 aliphatic rings. The number of halogens is 1. The Bertz CT molecular complexity index is 1040. The number of imidazole rings is 1. The summed E-state index contributed by atoms with van der Waals surface area (Å²) in [7, 11) is 0. The van der Waals surface area contributed by atoms with Crippen LogP contribution in [0.1, 0.15) is 24.2 Å². The second-order valence-electron chi connectivity index (χ2n) is 6.46. The second-order valence-corrected chi connectivity index (χ2v) is 6.84. The Balaban J connectivity index is 1.92. The third kappa shape index (κ3) is 3.13. The third-order valence-electron chi connectivity index (χ3n) is 4.66. The lowest BCUT2D eigenvalue weighted by Gasteiger charge is -2.11. The lowest BCUT2D eigenvalue weighted by Crippen LogP contribution is -2.06. The fraction of sp³-hybridized carbons (Fsp3) is 0.238. The van der Waals surface area contributed by atoms with Crippen molar-refractivity contribution < 1.29 is 0 Å². The van der Waals surface area contributed by atoms with Gasteiger partial charge >= 0.3 is 0 Å². The van der Waals surface area contributed by atoms with Crippen molar-refractivity contribution in [2.75, 3.05) is 11.6 Å². The van der Waals surface area contributed by atoms with Crippen LogP contribution in [0.25, 0.3) is 21.9 Å². The molecule has 2 aromatic carbocycles. The van der Waals surface area contributed by atoms with Gasteiger partial charge in [0.05, 0.1) is 11.0 Å². The summed E-state index contributed by atoms with van der Waals surface area (Å²) in [5.41, 5.74) is 10.2. The number of para-hydroxylation sites is 1. The molecule has 4 aromatic rings. The quantitative estimate of drug-likeness (QED) is 0.396. The number of rotatable bonds is 6. The van der Waals surface area contributed by atoms with Gasteiger partial charge in [-0.05, 0) is 24.5 Å². The van der Waals surface area contributed by atoms with Crippen LogP contribution in [0.2, 0.25) is 0 Å². The van der Waals surface area contributed by atoms with Gasteiger partial charge in [0.1, 0.15) is 11.3 Å². The molecule has 2 heterocycles. The van der Waals surface area contributed by atoms with Crippen molar-refractivity contribution in [1.82, 2.24) is 14.5 Å². The topological polar surface area (TPSA) is 56.7 Å². The zero-order chi connectivity index (χ0) is 17.9. The van der Waals surface area contributed by atoms with Gasteiger partial charge in [0.25, 0.3) is 0 Å². The van der Waals surface area contributed by atoms with Crippen LogP contribution in [-0.4, -0.2) is 20.4 Å². The van der Waals surface area contributed by atoms with Crippen LogP contribution in [0.4, 0.5) is 5.82 Å². The summed E-state index contributed by atoms with van der Waals surface area (Å²) in [5, 5.41) is 1.09.